The summed E-state index contributed by atoms with van der Waals surface area (Å²) in [4.78, 5) is 14.6. The number of rotatable bonds is 3. The Hall–Kier alpha value is -2.69. The molecule has 0 fully saturated rings. The Bertz CT molecular complexity index is 822. The number of hydrogen-bond donors (Lipinski definition) is 1. The van der Waals surface area contributed by atoms with Crippen molar-refractivity contribution in [2.45, 2.75) is 33.7 Å². The van der Waals surface area contributed by atoms with Gasteiger partial charge in [-0.3, -0.25) is 0 Å². The summed E-state index contributed by atoms with van der Waals surface area (Å²) in [5, 5.41) is 3.09. The molecule has 1 aliphatic rings. The van der Waals surface area contributed by atoms with Gasteiger partial charge in [-0.05, 0) is 61.6 Å². The molecule has 0 saturated carbocycles. The molecule has 5 nitrogen and oxygen atoms in total. The quantitative estimate of drug-likeness (QED) is 0.898. The van der Waals surface area contributed by atoms with E-state index in [4.69, 9.17) is 9.47 Å². The predicted molar refractivity (Wildman–Crippen MR) is 103 cm³/mol. The van der Waals surface area contributed by atoms with Gasteiger partial charge in [0.15, 0.2) is 11.5 Å². The van der Waals surface area contributed by atoms with E-state index in [1.165, 1.54) is 11.1 Å². The molecule has 5 heteroatoms. The molecule has 0 unspecified atom stereocenters. The van der Waals surface area contributed by atoms with Crippen molar-refractivity contribution in [3.63, 3.8) is 0 Å². The zero-order valence-corrected chi connectivity index (χ0v) is 16.1. The summed E-state index contributed by atoms with van der Waals surface area (Å²) < 4.78 is 10.8. The summed E-state index contributed by atoms with van der Waals surface area (Å²) in [7, 11) is 3.26. The van der Waals surface area contributed by atoms with Crippen molar-refractivity contribution in [3.05, 3.63) is 52.1 Å². The van der Waals surface area contributed by atoms with Gasteiger partial charge in [0.05, 0.1) is 14.2 Å². The molecule has 1 heterocycles. The Morgan fingerprint density at radius 2 is 1.54 bits per heavy atom. The number of nitrogens with zero attached hydrogens (tertiary/aromatic N) is 1. The first-order valence-electron chi connectivity index (χ1n) is 8.80. The number of urea groups is 1. The summed E-state index contributed by atoms with van der Waals surface area (Å²) >= 11 is 0. The van der Waals surface area contributed by atoms with E-state index in [0.29, 0.717) is 18.8 Å². The van der Waals surface area contributed by atoms with Gasteiger partial charge < -0.3 is 19.7 Å². The van der Waals surface area contributed by atoms with Gasteiger partial charge in [0.2, 0.25) is 0 Å². The molecular formula is C21H26N2O3. The van der Waals surface area contributed by atoms with Crippen LogP contribution in [0.5, 0.6) is 11.5 Å². The van der Waals surface area contributed by atoms with Crippen LogP contribution in [0.1, 0.15) is 27.8 Å². The van der Waals surface area contributed by atoms with Crippen LogP contribution in [0.2, 0.25) is 0 Å². The van der Waals surface area contributed by atoms with Gasteiger partial charge >= 0.3 is 6.03 Å². The number of methoxy groups -OCH3 is 2. The van der Waals surface area contributed by atoms with Gasteiger partial charge in [0.1, 0.15) is 0 Å². The van der Waals surface area contributed by atoms with E-state index in [-0.39, 0.29) is 6.03 Å². The van der Waals surface area contributed by atoms with E-state index in [0.717, 1.165) is 34.5 Å². The maximum Gasteiger partial charge on any atom is 0.322 e. The first kappa shape index (κ1) is 18.1. The first-order valence-corrected chi connectivity index (χ1v) is 8.80. The number of ether oxygens (including phenoxy) is 2. The van der Waals surface area contributed by atoms with E-state index < -0.39 is 0 Å². The Morgan fingerprint density at radius 3 is 2.12 bits per heavy atom. The van der Waals surface area contributed by atoms with Crippen molar-refractivity contribution >= 4 is 11.7 Å². The predicted octanol–water partition coefficient (Wildman–Crippen LogP) is 4.22. The summed E-state index contributed by atoms with van der Waals surface area (Å²) in [5.41, 5.74) is 6.57. The van der Waals surface area contributed by atoms with Crippen molar-refractivity contribution in [2.24, 2.45) is 0 Å². The van der Waals surface area contributed by atoms with E-state index in [9.17, 15) is 4.79 Å². The molecule has 2 aromatic rings. The molecule has 0 saturated heterocycles. The van der Waals surface area contributed by atoms with Crippen LogP contribution in [-0.4, -0.2) is 31.7 Å². The van der Waals surface area contributed by atoms with Crippen LogP contribution in [0.3, 0.4) is 0 Å². The number of carbonyl (C=O) groups is 1. The minimum atomic E-state index is -0.0690. The fourth-order valence-electron chi connectivity index (χ4n) is 3.62. The lowest BCUT2D eigenvalue weighted by Gasteiger charge is -2.30. The standard InChI is InChI=1S/C21H26N2O3/c1-13-8-14(2)20(15(3)9-13)22-21(24)23-7-6-16-10-18(25-4)19(26-5)11-17(16)12-23/h8-11H,6-7,12H2,1-5H3,(H,22,24). The molecule has 138 valence electrons. The highest BCUT2D eigenvalue weighted by Crippen LogP contribution is 2.33. The Kier molecular flexibility index (Phi) is 5.07. The molecule has 2 aromatic carbocycles. The molecule has 0 spiro atoms. The highest BCUT2D eigenvalue weighted by Gasteiger charge is 2.23. The van der Waals surface area contributed by atoms with Crippen molar-refractivity contribution in [3.8, 4) is 11.5 Å². The van der Waals surface area contributed by atoms with Crippen LogP contribution in [-0.2, 0) is 13.0 Å². The summed E-state index contributed by atoms with van der Waals surface area (Å²) in [6.07, 6.45) is 0.801. The average molecular weight is 354 g/mol. The van der Waals surface area contributed by atoms with Crippen LogP contribution in [0, 0.1) is 20.8 Å². The molecule has 3 rings (SSSR count). The SMILES string of the molecule is COc1cc2c(cc1OC)CN(C(=O)Nc1c(C)cc(C)cc1C)CC2. The van der Waals surface area contributed by atoms with Gasteiger partial charge in [0.25, 0.3) is 0 Å². The minimum Gasteiger partial charge on any atom is -0.493 e. The second-order valence-electron chi connectivity index (χ2n) is 6.85. The molecule has 2 amide bonds. The number of hydrogen-bond acceptors (Lipinski definition) is 3. The lowest BCUT2D eigenvalue weighted by Crippen LogP contribution is -2.39. The number of aryl methyl sites for hydroxylation is 3. The summed E-state index contributed by atoms with van der Waals surface area (Å²) in [6, 6.07) is 8.09. The van der Waals surface area contributed by atoms with Gasteiger partial charge in [-0.15, -0.1) is 0 Å². The fourth-order valence-corrected chi connectivity index (χ4v) is 3.62. The van der Waals surface area contributed by atoms with Gasteiger partial charge in [0, 0.05) is 18.8 Å². The van der Waals surface area contributed by atoms with Gasteiger partial charge in [-0.2, -0.15) is 0 Å². The molecule has 1 N–H and O–H groups in total. The molecule has 0 aromatic heterocycles. The third kappa shape index (κ3) is 3.47. The van der Waals surface area contributed by atoms with Crippen LogP contribution >= 0.6 is 0 Å². The van der Waals surface area contributed by atoms with E-state index >= 15 is 0 Å². The zero-order chi connectivity index (χ0) is 18.8. The van der Waals surface area contributed by atoms with Crippen molar-refractivity contribution < 1.29 is 14.3 Å². The highest BCUT2D eigenvalue weighted by molar-refractivity contribution is 5.91. The summed E-state index contributed by atoms with van der Waals surface area (Å²) in [6.45, 7) is 7.36. The maximum atomic E-state index is 12.8. The molecule has 0 atom stereocenters. The molecule has 0 bridgehead atoms. The van der Waals surface area contributed by atoms with E-state index in [2.05, 4.69) is 24.4 Å². The third-order valence-corrected chi connectivity index (χ3v) is 4.91. The molecular weight excluding hydrogens is 328 g/mol. The van der Waals surface area contributed by atoms with Gasteiger partial charge in [-0.1, -0.05) is 17.7 Å². The monoisotopic (exact) mass is 354 g/mol. The lowest BCUT2D eigenvalue weighted by atomic mass is 9.99. The highest BCUT2D eigenvalue weighted by atomic mass is 16.5. The van der Waals surface area contributed by atoms with Crippen molar-refractivity contribution in [2.75, 3.05) is 26.1 Å². The molecule has 26 heavy (non-hydrogen) atoms. The second kappa shape index (κ2) is 7.28. The van der Waals surface area contributed by atoms with Crippen molar-refractivity contribution in [1.29, 1.82) is 0 Å². The average Bonchev–Trinajstić information content (AvgIpc) is 2.62. The second-order valence-corrected chi connectivity index (χ2v) is 6.85. The molecule has 1 aliphatic heterocycles. The molecule has 0 aliphatic carbocycles. The normalized spacial score (nSPS) is 13.2. The number of amides is 2. The Balaban J connectivity index is 1.79. The van der Waals surface area contributed by atoms with Gasteiger partial charge in [-0.25, -0.2) is 4.79 Å². The van der Waals surface area contributed by atoms with E-state index in [1.807, 2.05) is 30.9 Å². The van der Waals surface area contributed by atoms with E-state index in [1.54, 1.807) is 14.2 Å². The smallest absolute Gasteiger partial charge is 0.322 e. The fraction of sp³-hybridized carbons (Fsp3) is 0.381. The number of nitrogens with one attached hydrogen (secondary N) is 1. The topological polar surface area (TPSA) is 50.8 Å². The largest absolute Gasteiger partial charge is 0.493 e. The third-order valence-electron chi connectivity index (χ3n) is 4.91. The lowest BCUT2D eigenvalue weighted by molar-refractivity contribution is 0.206. The van der Waals surface area contributed by atoms with Crippen LogP contribution in [0.25, 0.3) is 0 Å². The minimum absolute atomic E-state index is 0.0690. The number of fused-ring (bicyclic) bond motifs is 1. The summed E-state index contributed by atoms with van der Waals surface area (Å²) in [5.74, 6) is 1.42. The van der Waals surface area contributed by atoms with Crippen molar-refractivity contribution in [1.82, 2.24) is 4.90 Å². The molecule has 0 radical (unpaired) electrons. The Morgan fingerprint density at radius 1 is 0.962 bits per heavy atom. The van der Waals surface area contributed by atoms with Crippen LogP contribution in [0.4, 0.5) is 10.5 Å². The van der Waals surface area contributed by atoms with Crippen LogP contribution in [0.15, 0.2) is 24.3 Å². The van der Waals surface area contributed by atoms with Crippen LogP contribution < -0.4 is 14.8 Å². The number of carbonyl (C=O) groups excluding carboxylic acids is 1. The first-order chi connectivity index (χ1) is 12.4. The Labute approximate surface area is 154 Å². The number of benzene rings is 2. The number of anilines is 1. The zero-order valence-electron chi connectivity index (χ0n) is 16.1. The maximum absolute atomic E-state index is 12.8.